The van der Waals surface area contributed by atoms with E-state index in [0.29, 0.717) is 18.8 Å². The van der Waals surface area contributed by atoms with Crippen LogP contribution in [0.3, 0.4) is 0 Å². The lowest BCUT2D eigenvalue weighted by Gasteiger charge is -2.09. The predicted molar refractivity (Wildman–Crippen MR) is 91.0 cm³/mol. The number of rotatable bonds is 8. The molecule has 7 nitrogen and oxygen atoms in total. The largest absolute Gasteiger partial charge is 0.484 e. The van der Waals surface area contributed by atoms with Gasteiger partial charge >= 0.3 is 0 Å². The van der Waals surface area contributed by atoms with Gasteiger partial charge in [0, 0.05) is 27.2 Å². The fraction of sp³-hybridized carbons (Fsp3) is 0.412. The van der Waals surface area contributed by atoms with Crippen molar-refractivity contribution in [2.24, 2.45) is 7.05 Å². The molecule has 0 atom stereocenters. The second kappa shape index (κ2) is 8.35. The van der Waals surface area contributed by atoms with Crippen LogP contribution in [0.1, 0.15) is 16.8 Å². The number of methoxy groups -OCH3 is 1. The van der Waals surface area contributed by atoms with Gasteiger partial charge in [-0.05, 0) is 24.6 Å². The number of aromatic nitrogens is 2. The van der Waals surface area contributed by atoms with Gasteiger partial charge in [-0.3, -0.25) is 4.79 Å². The number of carbonyl (C=O) groups excluding carboxylic acids is 1. The highest BCUT2D eigenvalue weighted by atomic mass is 16.5. The fourth-order valence-corrected chi connectivity index (χ4v) is 2.44. The van der Waals surface area contributed by atoms with Crippen molar-refractivity contribution < 1.29 is 14.3 Å². The molecule has 0 bridgehead atoms. The summed E-state index contributed by atoms with van der Waals surface area (Å²) in [7, 11) is 5.09. The first-order valence-corrected chi connectivity index (χ1v) is 7.74. The third kappa shape index (κ3) is 4.48. The summed E-state index contributed by atoms with van der Waals surface area (Å²) >= 11 is 0. The van der Waals surface area contributed by atoms with Gasteiger partial charge in [0.05, 0.1) is 18.4 Å². The summed E-state index contributed by atoms with van der Waals surface area (Å²) in [6.45, 7) is 3.31. The van der Waals surface area contributed by atoms with Crippen LogP contribution in [0.5, 0.6) is 11.6 Å². The zero-order chi connectivity index (χ0) is 17.5. The minimum absolute atomic E-state index is 0.0134. The molecule has 0 fully saturated rings. The van der Waals surface area contributed by atoms with Gasteiger partial charge in [-0.1, -0.05) is 12.1 Å². The summed E-state index contributed by atoms with van der Waals surface area (Å²) in [5.41, 5.74) is 3.07. The van der Waals surface area contributed by atoms with E-state index in [1.807, 2.05) is 38.2 Å². The van der Waals surface area contributed by atoms with Crippen molar-refractivity contribution in [1.29, 1.82) is 0 Å². The van der Waals surface area contributed by atoms with Gasteiger partial charge in [-0.15, -0.1) is 0 Å². The molecule has 1 heterocycles. The van der Waals surface area contributed by atoms with E-state index in [1.54, 1.807) is 18.8 Å². The Balaban J connectivity index is 1.92. The first kappa shape index (κ1) is 17.8. The number of nitrogens with one attached hydrogen (secondary N) is 2. The Hall–Kier alpha value is -2.54. The van der Waals surface area contributed by atoms with Crippen LogP contribution in [0.25, 0.3) is 0 Å². The monoisotopic (exact) mass is 332 g/mol. The van der Waals surface area contributed by atoms with Gasteiger partial charge in [0.15, 0.2) is 6.61 Å². The molecule has 24 heavy (non-hydrogen) atoms. The number of likely N-dealkylation sites (N-methyl/N-ethyl adjacent to an activating group) is 1. The molecule has 1 amide bonds. The third-order valence-corrected chi connectivity index (χ3v) is 3.66. The first-order chi connectivity index (χ1) is 11.5. The summed E-state index contributed by atoms with van der Waals surface area (Å²) < 4.78 is 12.6. The molecule has 0 aliphatic heterocycles. The quantitative estimate of drug-likeness (QED) is 0.758. The lowest BCUT2D eigenvalue weighted by atomic mass is 10.2. The standard InChI is InChI=1S/C17H24N4O3/c1-12-15(17(23-4)21(3)20-12)10-19-9-13-6-5-7-14(8-13)24-11-16(22)18-2/h5-8,19H,9-11H2,1-4H3,(H,18,22). The second-order valence-electron chi connectivity index (χ2n) is 5.41. The topological polar surface area (TPSA) is 77.4 Å². The highest BCUT2D eigenvalue weighted by molar-refractivity contribution is 5.77. The van der Waals surface area contributed by atoms with Gasteiger partial charge in [-0.2, -0.15) is 5.10 Å². The first-order valence-electron chi connectivity index (χ1n) is 7.74. The van der Waals surface area contributed by atoms with Gasteiger partial charge < -0.3 is 20.1 Å². The smallest absolute Gasteiger partial charge is 0.257 e. The Morgan fingerprint density at radius 2 is 2.12 bits per heavy atom. The molecule has 1 aromatic carbocycles. The number of carbonyl (C=O) groups is 1. The van der Waals surface area contributed by atoms with Gasteiger partial charge in [0.2, 0.25) is 5.88 Å². The Labute approximate surface area is 142 Å². The molecule has 0 aliphatic rings. The van der Waals surface area contributed by atoms with E-state index in [1.165, 1.54) is 0 Å². The Morgan fingerprint density at radius 3 is 2.83 bits per heavy atom. The maximum atomic E-state index is 11.2. The fourth-order valence-electron chi connectivity index (χ4n) is 2.44. The summed E-state index contributed by atoms with van der Waals surface area (Å²) in [6.07, 6.45) is 0. The average Bonchev–Trinajstić information content (AvgIpc) is 2.86. The maximum absolute atomic E-state index is 11.2. The SMILES string of the molecule is CNC(=O)COc1cccc(CNCc2c(C)nn(C)c2OC)c1. The molecule has 1 aromatic heterocycles. The molecule has 0 saturated heterocycles. The van der Waals surface area contributed by atoms with Crippen molar-refractivity contribution in [3.63, 3.8) is 0 Å². The second-order valence-corrected chi connectivity index (χ2v) is 5.41. The van der Waals surface area contributed by atoms with Crippen molar-refractivity contribution in [3.05, 3.63) is 41.1 Å². The van der Waals surface area contributed by atoms with Crippen LogP contribution in [-0.4, -0.2) is 36.5 Å². The van der Waals surface area contributed by atoms with E-state index in [4.69, 9.17) is 9.47 Å². The molecule has 0 spiro atoms. The molecule has 2 aromatic rings. The lowest BCUT2D eigenvalue weighted by molar-refractivity contribution is -0.122. The van der Waals surface area contributed by atoms with Crippen molar-refractivity contribution >= 4 is 5.91 Å². The summed E-state index contributed by atoms with van der Waals surface area (Å²) in [5.74, 6) is 1.29. The lowest BCUT2D eigenvalue weighted by Crippen LogP contribution is -2.24. The molecule has 130 valence electrons. The minimum Gasteiger partial charge on any atom is -0.484 e. The van der Waals surface area contributed by atoms with Crippen LogP contribution >= 0.6 is 0 Å². The van der Waals surface area contributed by atoms with Gasteiger partial charge in [-0.25, -0.2) is 4.68 Å². The summed E-state index contributed by atoms with van der Waals surface area (Å²) in [5, 5.41) is 10.3. The molecule has 0 saturated carbocycles. The Kier molecular flexibility index (Phi) is 6.20. The molecule has 0 unspecified atom stereocenters. The van der Waals surface area contributed by atoms with Crippen LogP contribution in [-0.2, 0) is 24.9 Å². The molecule has 2 rings (SSSR count). The molecular weight excluding hydrogens is 308 g/mol. The van der Waals surface area contributed by atoms with E-state index < -0.39 is 0 Å². The molecule has 2 N–H and O–H groups in total. The zero-order valence-corrected chi connectivity index (χ0v) is 14.5. The van der Waals surface area contributed by atoms with Crippen LogP contribution < -0.4 is 20.1 Å². The molecule has 7 heteroatoms. The van der Waals surface area contributed by atoms with E-state index in [-0.39, 0.29) is 12.5 Å². The van der Waals surface area contributed by atoms with Crippen LogP contribution in [0.15, 0.2) is 24.3 Å². The van der Waals surface area contributed by atoms with E-state index >= 15 is 0 Å². The van der Waals surface area contributed by atoms with Crippen molar-refractivity contribution in [2.45, 2.75) is 20.0 Å². The summed E-state index contributed by atoms with van der Waals surface area (Å²) in [4.78, 5) is 11.2. The maximum Gasteiger partial charge on any atom is 0.257 e. The number of aryl methyl sites for hydroxylation is 2. The number of benzene rings is 1. The minimum atomic E-state index is -0.155. The van der Waals surface area contributed by atoms with Crippen LogP contribution in [0.4, 0.5) is 0 Å². The van der Waals surface area contributed by atoms with Crippen LogP contribution in [0, 0.1) is 6.92 Å². The van der Waals surface area contributed by atoms with Crippen molar-refractivity contribution in [3.8, 4) is 11.6 Å². The van der Waals surface area contributed by atoms with Crippen molar-refractivity contribution in [1.82, 2.24) is 20.4 Å². The summed E-state index contributed by atoms with van der Waals surface area (Å²) in [6, 6.07) is 7.67. The molecule has 0 aliphatic carbocycles. The molecular formula is C17H24N4O3. The number of hydrogen-bond donors (Lipinski definition) is 2. The normalized spacial score (nSPS) is 10.5. The number of hydrogen-bond acceptors (Lipinski definition) is 5. The average molecular weight is 332 g/mol. The van der Waals surface area contributed by atoms with Crippen molar-refractivity contribution in [2.75, 3.05) is 20.8 Å². The predicted octanol–water partition coefficient (Wildman–Crippen LogP) is 1.15. The van der Waals surface area contributed by atoms with Crippen LogP contribution in [0.2, 0.25) is 0 Å². The van der Waals surface area contributed by atoms with Gasteiger partial charge in [0.1, 0.15) is 5.75 Å². The zero-order valence-electron chi connectivity index (χ0n) is 14.5. The Bertz CT molecular complexity index is 697. The molecule has 0 radical (unpaired) electrons. The highest BCUT2D eigenvalue weighted by Gasteiger charge is 2.13. The highest BCUT2D eigenvalue weighted by Crippen LogP contribution is 2.20. The number of nitrogens with zero attached hydrogens (tertiary/aromatic N) is 2. The Morgan fingerprint density at radius 1 is 1.33 bits per heavy atom. The third-order valence-electron chi connectivity index (χ3n) is 3.66. The van der Waals surface area contributed by atoms with E-state index in [2.05, 4.69) is 15.7 Å². The number of ether oxygens (including phenoxy) is 2. The van der Waals surface area contributed by atoms with Gasteiger partial charge in [0.25, 0.3) is 5.91 Å². The number of amides is 1. The van der Waals surface area contributed by atoms with E-state index in [9.17, 15) is 4.79 Å². The van der Waals surface area contributed by atoms with E-state index in [0.717, 1.165) is 22.7 Å².